The molecule has 0 fully saturated rings. The molecule has 4 aromatic rings. The zero-order valence-corrected chi connectivity index (χ0v) is 24.2. The average molecular weight is 625 g/mol. The zero-order valence-electron chi connectivity index (χ0n) is 20.3. The molecule has 0 bridgehead atoms. The molecule has 4 rings (SSSR count). The number of ether oxygens (including phenoxy) is 2. The molecule has 0 amide bonds. The summed E-state index contributed by atoms with van der Waals surface area (Å²) < 4.78 is 14.6. The minimum absolute atomic E-state index is 0. The number of hydrogen-bond acceptors (Lipinski definition) is 7. The van der Waals surface area contributed by atoms with Crippen LogP contribution in [-0.2, 0) is 13.2 Å². The molecule has 7 nitrogen and oxygen atoms in total. The molecule has 3 aromatic carbocycles. The van der Waals surface area contributed by atoms with Crippen LogP contribution in [0.2, 0.25) is 5.02 Å². The molecule has 0 radical (unpaired) electrons. The van der Waals surface area contributed by atoms with Crippen LogP contribution in [0.15, 0.2) is 76.4 Å². The van der Waals surface area contributed by atoms with Gasteiger partial charge in [-0.3, -0.25) is 0 Å². The molecule has 0 aliphatic carbocycles. The Kier molecular flexibility index (Phi) is 12.0. The van der Waals surface area contributed by atoms with Gasteiger partial charge < -0.3 is 14.8 Å². The van der Waals surface area contributed by atoms with E-state index < -0.39 is 0 Å². The molecule has 0 unspecified atom stereocenters. The molecule has 37 heavy (non-hydrogen) atoms. The van der Waals surface area contributed by atoms with Gasteiger partial charge in [-0.1, -0.05) is 59.8 Å². The topological polar surface area (TPSA) is 74.1 Å². The number of para-hydroxylation sites is 1. The van der Waals surface area contributed by atoms with Gasteiger partial charge in [-0.2, -0.15) is 4.68 Å². The van der Waals surface area contributed by atoms with Crippen LogP contribution in [-0.4, -0.2) is 39.1 Å². The largest absolute Gasteiger partial charge is 0.490 e. The summed E-state index contributed by atoms with van der Waals surface area (Å²) in [7, 11) is 0. The van der Waals surface area contributed by atoms with Crippen molar-refractivity contribution in [2.45, 2.75) is 31.7 Å². The van der Waals surface area contributed by atoms with Gasteiger partial charge >= 0.3 is 0 Å². The van der Waals surface area contributed by atoms with E-state index in [0.29, 0.717) is 29.7 Å². The number of aromatic nitrogens is 4. The fraction of sp³-hybridized carbons (Fsp3) is 0.269. The Morgan fingerprint density at radius 3 is 2.62 bits per heavy atom. The Morgan fingerprint density at radius 2 is 1.84 bits per heavy atom. The van der Waals surface area contributed by atoms with Crippen molar-refractivity contribution in [3.05, 3.63) is 87.4 Å². The van der Waals surface area contributed by atoms with Crippen molar-refractivity contribution < 1.29 is 9.47 Å². The molecular weight excluding hydrogens is 597 g/mol. The summed E-state index contributed by atoms with van der Waals surface area (Å²) in [6.07, 6.45) is 0.977. The van der Waals surface area contributed by atoms with Crippen LogP contribution in [0, 0.1) is 0 Å². The number of rotatable bonds is 13. The predicted molar refractivity (Wildman–Crippen MR) is 155 cm³/mol. The lowest BCUT2D eigenvalue weighted by Gasteiger charge is -2.16. The first-order valence-corrected chi connectivity index (χ1v) is 13.8. The molecule has 0 atom stereocenters. The van der Waals surface area contributed by atoms with Crippen LogP contribution in [0.3, 0.4) is 0 Å². The first-order chi connectivity index (χ1) is 17.7. The van der Waals surface area contributed by atoms with Crippen molar-refractivity contribution in [1.82, 2.24) is 25.5 Å². The van der Waals surface area contributed by atoms with Crippen molar-refractivity contribution in [2.75, 3.05) is 18.9 Å². The maximum absolute atomic E-state index is 6.27. The monoisotopic (exact) mass is 623 g/mol. The summed E-state index contributed by atoms with van der Waals surface area (Å²) in [5.74, 6) is 2.29. The lowest BCUT2D eigenvalue weighted by atomic mass is 10.2. The maximum atomic E-state index is 6.27. The molecular formula is C26H28BrCl2N5O2S. The molecule has 0 saturated carbocycles. The smallest absolute Gasteiger partial charge is 0.214 e. The maximum Gasteiger partial charge on any atom is 0.214 e. The van der Waals surface area contributed by atoms with Crippen LogP contribution >= 0.6 is 51.7 Å². The van der Waals surface area contributed by atoms with Crippen LogP contribution in [0.5, 0.6) is 11.5 Å². The standard InChI is InChI=1S/C26H27BrClN5O2S.ClH/c1-2-34-24-16-19(15-22(27)25(24)35-18-20-9-6-7-12-23(20)28)17-29-13-8-14-36-26-30-31-32-33(26)21-10-4-3-5-11-21;/h3-7,9-12,15-16,29H,2,8,13-14,17-18H2,1H3;1H. The molecule has 0 aliphatic heterocycles. The molecule has 1 N–H and O–H groups in total. The van der Waals surface area contributed by atoms with Gasteiger partial charge in [0, 0.05) is 22.9 Å². The predicted octanol–water partition coefficient (Wildman–Crippen LogP) is 6.75. The number of thioether (sulfide) groups is 1. The summed E-state index contributed by atoms with van der Waals surface area (Å²) >= 11 is 11.6. The number of nitrogens with zero attached hydrogens (tertiary/aromatic N) is 4. The Hall–Kier alpha value is -2.30. The second-order valence-electron chi connectivity index (χ2n) is 7.81. The Morgan fingerprint density at radius 1 is 1.05 bits per heavy atom. The fourth-order valence-corrected chi connectivity index (χ4v) is 5.11. The lowest BCUT2D eigenvalue weighted by molar-refractivity contribution is 0.267. The highest BCUT2D eigenvalue weighted by molar-refractivity contribution is 9.10. The van der Waals surface area contributed by atoms with E-state index in [1.807, 2.05) is 67.6 Å². The Labute approximate surface area is 240 Å². The van der Waals surface area contributed by atoms with Gasteiger partial charge in [0.2, 0.25) is 5.16 Å². The number of halogens is 3. The van der Waals surface area contributed by atoms with Gasteiger partial charge in [-0.25, -0.2) is 0 Å². The molecule has 0 saturated heterocycles. The molecule has 11 heteroatoms. The van der Waals surface area contributed by atoms with Gasteiger partial charge in [0.25, 0.3) is 0 Å². The number of benzene rings is 3. The highest BCUT2D eigenvalue weighted by Gasteiger charge is 2.14. The third-order valence-corrected chi connectivity index (χ3v) is 7.16. The van der Waals surface area contributed by atoms with E-state index in [0.717, 1.165) is 51.7 Å². The van der Waals surface area contributed by atoms with E-state index in [-0.39, 0.29) is 12.4 Å². The van der Waals surface area contributed by atoms with Crippen molar-refractivity contribution in [3.63, 3.8) is 0 Å². The van der Waals surface area contributed by atoms with Gasteiger partial charge in [-0.05, 0) is 82.1 Å². The molecule has 0 spiro atoms. The van der Waals surface area contributed by atoms with E-state index in [4.69, 9.17) is 21.1 Å². The summed E-state index contributed by atoms with van der Waals surface area (Å²) in [5, 5.41) is 17.0. The average Bonchev–Trinajstić information content (AvgIpc) is 3.36. The first-order valence-electron chi connectivity index (χ1n) is 11.6. The molecule has 1 heterocycles. The fourth-order valence-electron chi connectivity index (χ4n) is 3.49. The van der Waals surface area contributed by atoms with Crippen molar-refractivity contribution in [2.24, 2.45) is 0 Å². The second-order valence-corrected chi connectivity index (χ2v) is 10.1. The van der Waals surface area contributed by atoms with Gasteiger partial charge in [0.1, 0.15) is 6.61 Å². The summed E-state index contributed by atoms with van der Waals surface area (Å²) in [5.41, 5.74) is 2.99. The summed E-state index contributed by atoms with van der Waals surface area (Å²) in [4.78, 5) is 0. The minimum Gasteiger partial charge on any atom is -0.490 e. The van der Waals surface area contributed by atoms with Crippen LogP contribution in [0.25, 0.3) is 5.69 Å². The third kappa shape index (κ3) is 8.35. The summed E-state index contributed by atoms with van der Waals surface area (Å²) in [6, 6.07) is 21.6. The zero-order chi connectivity index (χ0) is 25.2. The third-order valence-electron chi connectivity index (χ3n) is 5.20. The molecule has 0 aliphatic rings. The number of hydrogen-bond donors (Lipinski definition) is 1. The minimum atomic E-state index is 0. The normalized spacial score (nSPS) is 10.7. The lowest BCUT2D eigenvalue weighted by Crippen LogP contribution is -2.15. The highest BCUT2D eigenvalue weighted by atomic mass is 79.9. The number of tetrazole rings is 1. The van der Waals surface area contributed by atoms with E-state index >= 15 is 0 Å². The SMILES string of the molecule is CCOc1cc(CNCCCSc2nnnn2-c2ccccc2)cc(Br)c1OCc1ccccc1Cl.Cl. The van der Waals surface area contributed by atoms with E-state index in [1.54, 1.807) is 16.4 Å². The van der Waals surface area contributed by atoms with E-state index in [1.165, 1.54) is 0 Å². The first kappa shape index (κ1) is 29.3. The van der Waals surface area contributed by atoms with Crippen molar-refractivity contribution in [3.8, 4) is 17.2 Å². The molecule has 196 valence electrons. The molecule has 1 aromatic heterocycles. The van der Waals surface area contributed by atoms with Crippen LogP contribution < -0.4 is 14.8 Å². The highest BCUT2D eigenvalue weighted by Crippen LogP contribution is 2.38. The van der Waals surface area contributed by atoms with Crippen molar-refractivity contribution >= 4 is 51.7 Å². The van der Waals surface area contributed by atoms with Crippen LogP contribution in [0.1, 0.15) is 24.5 Å². The van der Waals surface area contributed by atoms with Gasteiger partial charge in [-0.15, -0.1) is 17.5 Å². The summed E-state index contributed by atoms with van der Waals surface area (Å²) in [6.45, 7) is 4.46. The Bertz CT molecular complexity index is 1260. The van der Waals surface area contributed by atoms with Crippen LogP contribution in [0.4, 0.5) is 0 Å². The number of nitrogens with one attached hydrogen (secondary N) is 1. The van der Waals surface area contributed by atoms with E-state index in [9.17, 15) is 0 Å². The van der Waals surface area contributed by atoms with Crippen molar-refractivity contribution in [1.29, 1.82) is 0 Å². The quantitative estimate of drug-likeness (QED) is 0.130. The van der Waals surface area contributed by atoms with Gasteiger partial charge in [0.15, 0.2) is 11.5 Å². The Balaban J connectivity index is 0.00000380. The second kappa shape index (κ2) is 15.2. The van der Waals surface area contributed by atoms with Gasteiger partial charge in [0.05, 0.1) is 16.8 Å². The van der Waals surface area contributed by atoms with E-state index in [2.05, 4.69) is 42.8 Å².